The van der Waals surface area contributed by atoms with Crippen molar-refractivity contribution in [2.45, 2.75) is 19.4 Å². The van der Waals surface area contributed by atoms with Crippen molar-refractivity contribution in [1.29, 1.82) is 0 Å². The van der Waals surface area contributed by atoms with Gasteiger partial charge in [0.15, 0.2) is 0 Å². The zero-order chi connectivity index (χ0) is 12.7. The SMILES string of the molecule is CC[C@H](N)C(=O)N(C)CCOc1ccccc1. The molecule has 1 amide bonds. The van der Waals surface area contributed by atoms with Crippen LogP contribution in [-0.4, -0.2) is 37.0 Å². The monoisotopic (exact) mass is 236 g/mol. The third-order valence-corrected chi connectivity index (χ3v) is 2.57. The van der Waals surface area contributed by atoms with E-state index >= 15 is 0 Å². The van der Waals surface area contributed by atoms with E-state index < -0.39 is 6.04 Å². The average Bonchev–Trinajstić information content (AvgIpc) is 2.38. The van der Waals surface area contributed by atoms with Gasteiger partial charge in [0.2, 0.25) is 5.91 Å². The van der Waals surface area contributed by atoms with E-state index in [-0.39, 0.29) is 5.91 Å². The minimum atomic E-state index is -0.406. The van der Waals surface area contributed by atoms with Crippen LogP contribution in [-0.2, 0) is 4.79 Å². The summed E-state index contributed by atoms with van der Waals surface area (Å²) >= 11 is 0. The number of benzene rings is 1. The maximum Gasteiger partial charge on any atom is 0.239 e. The van der Waals surface area contributed by atoms with Crippen molar-refractivity contribution in [1.82, 2.24) is 4.90 Å². The van der Waals surface area contributed by atoms with Gasteiger partial charge in [-0.15, -0.1) is 0 Å². The Morgan fingerprint density at radius 1 is 1.41 bits per heavy atom. The van der Waals surface area contributed by atoms with Crippen LogP contribution in [0.5, 0.6) is 5.75 Å². The fourth-order valence-electron chi connectivity index (χ4n) is 1.39. The highest BCUT2D eigenvalue weighted by Crippen LogP contribution is 2.07. The number of ether oxygens (including phenoxy) is 1. The molecule has 0 bridgehead atoms. The lowest BCUT2D eigenvalue weighted by atomic mass is 10.2. The average molecular weight is 236 g/mol. The van der Waals surface area contributed by atoms with Crippen molar-refractivity contribution in [3.63, 3.8) is 0 Å². The molecular formula is C13H20N2O2. The van der Waals surface area contributed by atoms with Gasteiger partial charge in [0.1, 0.15) is 12.4 Å². The highest BCUT2D eigenvalue weighted by Gasteiger charge is 2.15. The number of likely N-dealkylation sites (N-methyl/N-ethyl adjacent to an activating group) is 1. The van der Waals surface area contributed by atoms with Crippen LogP contribution in [0, 0.1) is 0 Å². The van der Waals surface area contributed by atoms with E-state index in [1.54, 1.807) is 11.9 Å². The minimum Gasteiger partial charge on any atom is -0.492 e. The molecule has 1 aromatic rings. The minimum absolute atomic E-state index is 0.0378. The molecule has 4 heteroatoms. The summed E-state index contributed by atoms with van der Waals surface area (Å²) in [5.41, 5.74) is 5.67. The molecule has 0 saturated heterocycles. The molecule has 0 aliphatic carbocycles. The van der Waals surface area contributed by atoms with Gasteiger partial charge in [-0.1, -0.05) is 25.1 Å². The third kappa shape index (κ3) is 4.44. The van der Waals surface area contributed by atoms with Gasteiger partial charge in [-0.3, -0.25) is 4.79 Å². The molecule has 0 spiro atoms. The van der Waals surface area contributed by atoms with Crippen LogP contribution < -0.4 is 10.5 Å². The van der Waals surface area contributed by atoms with Crippen molar-refractivity contribution in [3.8, 4) is 5.75 Å². The third-order valence-electron chi connectivity index (χ3n) is 2.57. The van der Waals surface area contributed by atoms with Crippen LogP contribution in [0.25, 0.3) is 0 Å². The lowest BCUT2D eigenvalue weighted by Crippen LogP contribution is -2.42. The fourth-order valence-corrected chi connectivity index (χ4v) is 1.39. The summed E-state index contributed by atoms with van der Waals surface area (Å²) in [5, 5.41) is 0. The second-order valence-corrected chi connectivity index (χ2v) is 3.94. The molecule has 0 saturated carbocycles. The smallest absolute Gasteiger partial charge is 0.239 e. The first kappa shape index (κ1) is 13.5. The number of para-hydroxylation sites is 1. The number of nitrogens with two attached hydrogens (primary N) is 1. The van der Waals surface area contributed by atoms with Crippen molar-refractivity contribution < 1.29 is 9.53 Å². The van der Waals surface area contributed by atoms with E-state index in [2.05, 4.69) is 0 Å². The number of hydrogen-bond donors (Lipinski definition) is 1. The topological polar surface area (TPSA) is 55.6 Å². The molecule has 1 atom stereocenters. The second-order valence-electron chi connectivity index (χ2n) is 3.94. The number of hydrogen-bond acceptors (Lipinski definition) is 3. The summed E-state index contributed by atoms with van der Waals surface area (Å²) in [6.45, 7) is 2.92. The molecule has 0 aliphatic heterocycles. The van der Waals surface area contributed by atoms with Crippen molar-refractivity contribution >= 4 is 5.91 Å². The Morgan fingerprint density at radius 3 is 2.65 bits per heavy atom. The zero-order valence-electron chi connectivity index (χ0n) is 10.4. The van der Waals surface area contributed by atoms with E-state index in [1.807, 2.05) is 37.3 Å². The van der Waals surface area contributed by atoms with Crippen LogP contribution in [0.4, 0.5) is 0 Å². The zero-order valence-corrected chi connectivity index (χ0v) is 10.4. The molecule has 2 N–H and O–H groups in total. The van der Waals surface area contributed by atoms with Crippen molar-refractivity contribution in [3.05, 3.63) is 30.3 Å². The number of nitrogens with zero attached hydrogens (tertiary/aromatic N) is 1. The molecule has 17 heavy (non-hydrogen) atoms. The first-order chi connectivity index (χ1) is 8.15. The molecule has 0 heterocycles. The van der Waals surface area contributed by atoms with Crippen LogP contribution in [0.3, 0.4) is 0 Å². The molecule has 94 valence electrons. The maximum atomic E-state index is 11.7. The van der Waals surface area contributed by atoms with E-state index in [0.29, 0.717) is 19.6 Å². The Balaban J connectivity index is 2.29. The highest BCUT2D eigenvalue weighted by atomic mass is 16.5. The summed E-state index contributed by atoms with van der Waals surface area (Å²) in [6, 6.07) is 9.13. The molecule has 1 rings (SSSR count). The molecule has 0 aliphatic rings. The van der Waals surface area contributed by atoms with E-state index in [9.17, 15) is 4.79 Å². The van der Waals surface area contributed by atoms with Crippen LogP contribution in [0.15, 0.2) is 30.3 Å². The first-order valence-corrected chi connectivity index (χ1v) is 5.83. The lowest BCUT2D eigenvalue weighted by Gasteiger charge is -2.20. The van der Waals surface area contributed by atoms with E-state index in [4.69, 9.17) is 10.5 Å². The molecule has 4 nitrogen and oxygen atoms in total. The van der Waals surface area contributed by atoms with E-state index in [1.165, 1.54) is 0 Å². The quantitative estimate of drug-likeness (QED) is 0.809. The lowest BCUT2D eigenvalue weighted by molar-refractivity contribution is -0.131. The standard InChI is InChI=1S/C13H20N2O2/c1-3-12(14)13(16)15(2)9-10-17-11-7-5-4-6-8-11/h4-8,12H,3,9-10,14H2,1-2H3/t12-/m0/s1. The Bertz CT molecular complexity index is 341. The summed E-state index contributed by atoms with van der Waals surface area (Å²) < 4.78 is 5.51. The Kier molecular flexibility index (Phi) is 5.49. The van der Waals surface area contributed by atoms with Crippen LogP contribution >= 0.6 is 0 Å². The largest absolute Gasteiger partial charge is 0.492 e. The first-order valence-electron chi connectivity index (χ1n) is 5.83. The predicted octanol–water partition coefficient (Wildman–Crippen LogP) is 1.26. The predicted molar refractivity (Wildman–Crippen MR) is 67.8 cm³/mol. The van der Waals surface area contributed by atoms with Gasteiger partial charge in [-0.05, 0) is 18.6 Å². The van der Waals surface area contributed by atoms with Gasteiger partial charge in [0.05, 0.1) is 12.6 Å². The summed E-state index contributed by atoms with van der Waals surface area (Å²) in [4.78, 5) is 13.3. The van der Waals surface area contributed by atoms with Crippen LogP contribution in [0.2, 0.25) is 0 Å². The molecule has 0 fully saturated rings. The summed E-state index contributed by atoms with van der Waals surface area (Å²) in [5.74, 6) is 0.775. The normalized spacial score (nSPS) is 11.9. The van der Waals surface area contributed by atoms with Gasteiger partial charge in [-0.2, -0.15) is 0 Å². The number of rotatable bonds is 6. The number of carbonyl (C=O) groups is 1. The van der Waals surface area contributed by atoms with Crippen molar-refractivity contribution in [2.75, 3.05) is 20.2 Å². The fraction of sp³-hybridized carbons (Fsp3) is 0.462. The molecule has 0 unspecified atom stereocenters. The molecule has 1 aromatic carbocycles. The summed E-state index contributed by atoms with van der Waals surface area (Å²) in [6.07, 6.45) is 0.655. The second kappa shape index (κ2) is 6.91. The highest BCUT2D eigenvalue weighted by molar-refractivity contribution is 5.81. The van der Waals surface area contributed by atoms with Crippen LogP contribution in [0.1, 0.15) is 13.3 Å². The number of carbonyl (C=O) groups excluding carboxylic acids is 1. The van der Waals surface area contributed by atoms with E-state index in [0.717, 1.165) is 5.75 Å². The Morgan fingerprint density at radius 2 is 2.06 bits per heavy atom. The Hall–Kier alpha value is -1.55. The molecular weight excluding hydrogens is 216 g/mol. The number of amides is 1. The van der Waals surface area contributed by atoms with Gasteiger partial charge in [-0.25, -0.2) is 0 Å². The van der Waals surface area contributed by atoms with Gasteiger partial charge in [0.25, 0.3) is 0 Å². The molecule has 0 radical (unpaired) electrons. The maximum absolute atomic E-state index is 11.7. The van der Waals surface area contributed by atoms with Gasteiger partial charge in [0, 0.05) is 7.05 Å². The molecule has 0 aromatic heterocycles. The van der Waals surface area contributed by atoms with Crippen molar-refractivity contribution in [2.24, 2.45) is 5.73 Å². The summed E-state index contributed by atoms with van der Waals surface area (Å²) in [7, 11) is 1.74. The van der Waals surface area contributed by atoms with Gasteiger partial charge >= 0.3 is 0 Å². The Labute approximate surface area is 102 Å². The van der Waals surface area contributed by atoms with Gasteiger partial charge < -0.3 is 15.4 Å².